The van der Waals surface area contributed by atoms with E-state index in [0.717, 1.165) is 22.4 Å². The maximum Gasteiger partial charge on any atom is 0.351 e. The molecule has 0 saturated carbocycles. The minimum Gasteiger partial charge on any atom is -0.378 e. The quantitative estimate of drug-likeness (QED) is 0.518. The zero-order valence-corrected chi connectivity index (χ0v) is 19.0. The number of rotatable bonds is 4. The Hall–Kier alpha value is -3.72. The maximum atomic E-state index is 13.4. The second-order valence-electron chi connectivity index (χ2n) is 8.44. The second kappa shape index (κ2) is 8.32. The van der Waals surface area contributed by atoms with Gasteiger partial charge in [-0.05, 0) is 44.0 Å². The van der Waals surface area contributed by atoms with Crippen LogP contribution in [0.4, 0.5) is 11.5 Å². The molecule has 5 rings (SSSR count). The van der Waals surface area contributed by atoms with E-state index < -0.39 is 0 Å². The van der Waals surface area contributed by atoms with Gasteiger partial charge in [0.05, 0.1) is 24.2 Å². The normalized spacial score (nSPS) is 14.2. The van der Waals surface area contributed by atoms with Crippen molar-refractivity contribution in [3.8, 4) is 0 Å². The number of benzene rings is 2. The predicted molar refractivity (Wildman–Crippen MR) is 127 cm³/mol. The highest BCUT2D eigenvalue weighted by Gasteiger charge is 2.22. The number of carbonyl (C=O) groups is 1. The molecule has 1 aliphatic rings. The lowest BCUT2D eigenvalue weighted by Gasteiger charge is -2.27. The number of fused-ring (bicyclic) bond motifs is 3. The molecule has 0 bridgehead atoms. The molecule has 3 heterocycles. The summed E-state index contributed by atoms with van der Waals surface area (Å²) in [6.07, 6.45) is 0. The van der Waals surface area contributed by atoms with E-state index in [1.54, 1.807) is 4.40 Å². The van der Waals surface area contributed by atoms with Crippen molar-refractivity contribution < 1.29 is 9.53 Å². The summed E-state index contributed by atoms with van der Waals surface area (Å²) in [6.45, 7) is 8.24. The Bertz CT molecular complexity index is 1410. The van der Waals surface area contributed by atoms with Gasteiger partial charge in [0.1, 0.15) is 6.54 Å². The summed E-state index contributed by atoms with van der Waals surface area (Å²) in [5, 5.41) is 7.49. The monoisotopic (exact) mass is 446 g/mol. The highest BCUT2D eigenvalue weighted by molar-refractivity contribution is 5.92. The molecule has 170 valence electrons. The number of anilines is 2. The van der Waals surface area contributed by atoms with Crippen LogP contribution in [0.15, 0.2) is 41.2 Å². The zero-order valence-electron chi connectivity index (χ0n) is 19.0. The fourth-order valence-corrected chi connectivity index (χ4v) is 4.46. The van der Waals surface area contributed by atoms with Crippen molar-refractivity contribution in [1.29, 1.82) is 0 Å². The van der Waals surface area contributed by atoms with Crippen LogP contribution in [0.25, 0.3) is 16.7 Å². The number of hydrogen-bond acceptors (Lipinski definition) is 6. The number of aromatic nitrogens is 4. The SMILES string of the molecule is Cc1cc(C)c(NC(=O)Cn2nc3c(N4CCOCC4)nc4ccccc4n3c2=O)c(C)c1. The van der Waals surface area contributed by atoms with Gasteiger partial charge >= 0.3 is 5.69 Å². The van der Waals surface area contributed by atoms with Gasteiger partial charge in [-0.1, -0.05) is 29.8 Å². The number of para-hydroxylation sites is 2. The van der Waals surface area contributed by atoms with Crippen LogP contribution in [0.3, 0.4) is 0 Å². The van der Waals surface area contributed by atoms with Crippen molar-refractivity contribution in [3.05, 3.63) is 63.6 Å². The smallest absolute Gasteiger partial charge is 0.351 e. The predicted octanol–water partition coefficient (Wildman–Crippen LogP) is 2.44. The number of nitrogens with one attached hydrogen (secondary N) is 1. The molecule has 9 heteroatoms. The van der Waals surface area contributed by atoms with E-state index in [0.29, 0.717) is 48.8 Å². The minimum atomic E-state index is -0.370. The lowest BCUT2D eigenvalue weighted by Crippen LogP contribution is -2.37. The van der Waals surface area contributed by atoms with Crippen molar-refractivity contribution in [2.75, 3.05) is 36.5 Å². The third-order valence-electron chi connectivity index (χ3n) is 5.93. The number of nitrogens with zero attached hydrogens (tertiary/aromatic N) is 5. The molecule has 1 amide bonds. The largest absolute Gasteiger partial charge is 0.378 e. The van der Waals surface area contributed by atoms with Crippen molar-refractivity contribution >= 4 is 34.1 Å². The number of carbonyl (C=O) groups excluding carboxylic acids is 1. The third kappa shape index (κ3) is 3.84. The van der Waals surface area contributed by atoms with Crippen LogP contribution in [0.5, 0.6) is 0 Å². The molecule has 33 heavy (non-hydrogen) atoms. The first-order valence-electron chi connectivity index (χ1n) is 11.0. The summed E-state index contributed by atoms with van der Waals surface area (Å²) in [7, 11) is 0. The average molecular weight is 447 g/mol. The van der Waals surface area contributed by atoms with Gasteiger partial charge in [-0.25, -0.2) is 18.9 Å². The summed E-state index contributed by atoms with van der Waals surface area (Å²) in [5.41, 5.74) is 5.29. The number of aryl methyl sites for hydroxylation is 3. The summed E-state index contributed by atoms with van der Waals surface area (Å²) in [6, 6.07) is 11.5. The molecule has 0 spiro atoms. The van der Waals surface area contributed by atoms with E-state index in [-0.39, 0.29) is 18.1 Å². The van der Waals surface area contributed by atoms with Gasteiger partial charge in [-0.2, -0.15) is 0 Å². The number of amides is 1. The summed E-state index contributed by atoms with van der Waals surface area (Å²) in [5.74, 6) is 0.319. The molecule has 1 fully saturated rings. The lowest BCUT2D eigenvalue weighted by atomic mass is 10.1. The van der Waals surface area contributed by atoms with E-state index in [4.69, 9.17) is 9.72 Å². The molecule has 1 saturated heterocycles. The Morgan fingerprint density at radius 3 is 2.52 bits per heavy atom. The number of hydrogen-bond donors (Lipinski definition) is 1. The van der Waals surface area contributed by atoms with Crippen molar-refractivity contribution in [2.24, 2.45) is 0 Å². The third-order valence-corrected chi connectivity index (χ3v) is 5.93. The molecule has 1 aliphatic heterocycles. The van der Waals surface area contributed by atoms with Crippen LogP contribution in [0.1, 0.15) is 16.7 Å². The fourth-order valence-electron chi connectivity index (χ4n) is 4.46. The molecule has 4 aromatic rings. The van der Waals surface area contributed by atoms with Crippen molar-refractivity contribution in [1.82, 2.24) is 19.2 Å². The van der Waals surface area contributed by atoms with Gasteiger partial charge in [0.2, 0.25) is 11.6 Å². The van der Waals surface area contributed by atoms with E-state index in [9.17, 15) is 9.59 Å². The molecule has 0 radical (unpaired) electrons. The molecule has 9 nitrogen and oxygen atoms in total. The van der Waals surface area contributed by atoms with Gasteiger partial charge in [-0.15, -0.1) is 5.10 Å². The average Bonchev–Trinajstić information content (AvgIpc) is 3.12. The van der Waals surface area contributed by atoms with Gasteiger partial charge in [0.15, 0.2) is 5.82 Å². The standard InChI is InChI=1S/C24H26N6O3/c1-15-12-16(2)21(17(3)13-15)26-20(31)14-29-24(32)30-19-7-5-4-6-18(19)25-22(23(30)27-29)28-8-10-33-11-9-28/h4-7,12-13H,8-11,14H2,1-3H3,(H,26,31). The Kier molecular flexibility index (Phi) is 5.33. The van der Waals surface area contributed by atoms with Gasteiger partial charge in [0, 0.05) is 18.8 Å². The molecular weight excluding hydrogens is 420 g/mol. The Labute approximate surface area is 190 Å². The topological polar surface area (TPSA) is 93.8 Å². The number of morpholine rings is 1. The molecule has 0 unspecified atom stereocenters. The highest BCUT2D eigenvalue weighted by Crippen LogP contribution is 2.24. The summed E-state index contributed by atoms with van der Waals surface area (Å²) in [4.78, 5) is 33.1. The van der Waals surface area contributed by atoms with Crippen LogP contribution in [-0.2, 0) is 16.1 Å². The summed E-state index contributed by atoms with van der Waals surface area (Å²) >= 11 is 0. The lowest BCUT2D eigenvalue weighted by molar-refractivity contribution is -0.117. The Morgan fingerprint density at radius 1 is 1.09 bits per heavy atom. The highest BCUT2D eigenvalue weighted by atomic mass is 16.5. The van der Waals surface area contributed by atoms with E-state index >= 15 is 0 Å². The van der Waals surface area contributed by atoms with Crippen LogP contribution >= 0.6 is 0 Å². The van der Waals surface area contributed by atoms with Crippen molar-refractivity contribution in [3.63, 3.8) is 0 Å². The molecular formula is C24H26N6O3. The fraction of sp³-hybridized carbons (Fsp3) is 0.333. The minimum absolute atomic E-state index is 0.190. The van der Waals surface area contributed by atoms with Crippen LogP contribution in [0.2, 0.25) is 0 Å². The zero-order chi connectivity index (χ0) is 23.1. The van der Waals surface area contributed by atoms with E-state index in [2.05, 4.69) is 15.3 Å². The first-order chi connectivity index (χ1) is 15.9. The summed E-state index contributed by atoms with van der Waals surface area (Å²) < 4.78 is 8.22. The first-order valence-corrected chi connectivity index (χ1v) is 11.0. The Balaban J connectivity index is 1.55. The van der Waals surface area contributed by atoms with E-state index in [1.807, 2.05) is 57.2 Å². The van der Waals surface area contributed by atoms with Gasteiger partial charge in [-0.3, -0.25) is 4.79 Å². The number of ether oxygens (including phenoxy) is 1. The van der Waals surface area contributed by atoms with Gasteiger partial charge < -0.3 is 15.0 Å². The van der Waals surface area contributed by atoms with E-state index in [1.165, 1.54) is 4.68 Å². The van der Waals surface area contributed by atoms with Crippen LogP contribution in [0, 0.1) is 20.8 Å². The second-order valence-corrected chi connectivity index (χ2v) is 8.44. The maximum absolute atomic E-state index is 13.4. The molecule has 0 atom stereocenters. The first kappa shape index (κ1) is 21.1. The van der Waals surface area contributed by atoms with Gasteiger partial charge in [0.25, 0.3) is 0 Å². The Morgan fingerprint density at radius 2 is 1.79 bits per heavy atom. The molecule has 2 aromatic carbocycles. The van der Waals surface area contributed by atoms with Crippen LogP contribution in [-0.4, -0.2) is 51.4 Å². The van der Waals surface area contributed by atoms with Crippen LogP contribution < -0.4 is 15.9 Å². The molecule has 1 N–H and O–H groups in total. The molecule has 0 aliphatic carbocycles. The van der Waals surface area contributed by atoms with Crippen molar-refractivity contribution in [2.45, 2.75) is 27.3 Å². The molecule has 2 aromatic heterocycles.